The van der Waals surface area contributed by atoms with Gasteiger partial charge < -0.3 is 64.7 Å². The van der Waals surface area contributed by atoms with Crippen LogP contribution >= 0.6 is 0 Å². The molecule has 0 unspecified atom stereocenters. The number of nitrogens with two attached hydrogens (primary N) is 1. The predicted molar refractivity (Wildman–Crippen MR) is 265 cm³/mol. The molecule has 2 aromatic heterocycles. The number of aromatic nitrogens is 2. The third-order valence-electron chi connectivity index (χ3n) is 11.6. The fraction of sp³-hybridized carbons (Fsp3) is 0.500. The van der Waals surface area contributed by atoms with Gasteiger partial charge in [0.1, 0.15) is 37.6 Å². The summed E-state index contributed by atoms with van der Waals surface area (Å²) in [5.41, 5.74) is 8.96. The van der Waals surface area contributed by atoms with Crippen LogP contribution in [0, 0.1) is 11.8 Å². The lowest BCUT2D eigenvalue weighted by Crippen LogP contribution is -2.42. The number of carbonyl (C=O) groups is 4. The van der Waals surface area contributed by atoms with Crippen LogP contribution in [-0.4, -0.2) is 103 Å². The van der Waals surface area contributed by atoms with Gasteiger partial charge in [-0.15, -0.1) is 0 Å². The molecule has 2 aliphatic carbocycles. The van der Waals surface area contributed by atoms with Crippen LogP contribution in [0.3, 0.4) is 0 Å². The number of benzene rings is 2. The first-order valence-electron chi connectivity index (χ1n) is 24.0. The van der Waals surface area contributed by atoms with E-state index in [4.69, 9.17) is 48.7 Å². The van der Waals surface area contributed by atoms with Gasteiger partial charge in [0.2, 0.25) is 17.7 Å². The van der Waals surface area contributed by atoms with E-state index in [-0.39, 0.29) is 29.8 Å². The minimum Gasteiger partial charge on any atom is -0.486 e. The van der Waals surface area contributed by atoms with Crippen molar-refractivity contribution in [2.45, 2.75) is 116 Å². The molecule has 2 fully saturated rings. The summed E-state index contributed by atoms with van der Waals surface area (Å²) in [5, 5.41) is 17.6. The third-order valence-corrected chi connectivity index (χ3v) is 11.6. The molecule has 2 aromatic carbocycles. The first-order valence-corrected chi connectivity index (χ1v) is 24.0. The molecular formula is C52H68N6O13. The number of carbonyl (C=O) groups excluding carboxylic acids is 3. The Morgan fingerprint density at radius 3 is 1.49 bits per heavy atom. The van der Waals surface area contributed by atoms with Crippen molar-refractivity contribution in [3.05, 3.63) is 60.7 Å². The number of fused-ring (bicyclic) bond motifs is 2. The van der Waals surface area contributed by atoms with Crippen molar-refractivity contribution in [1.29, 1.82) is 0 Å². The smallest absolute Gasteiger partial charge is 0.407 e. The number of hydrogen-bond acceptors (Lipinski definition) is 15. The van der Waals surface area contributed by atoms with Gasteiger partial charge in [0.05, 0.1) is 31.5 Å². The summed E-state index contributed by atoms with van der Waals surface area (Å²) >= 11 is 0. The van der Waals surface area contributed by atoms with E-state index in [0.29, 0.717) is 117 Å². The monoisotopic (exact) mass is 984 g/mol. The summed E-state index contributed by atoms with van der Waals surface area (Å²) < 4.78 is 43.8. The summed E-state index contributed by atoms with van der Waals surface area (Å²) in [4.78, 5) is 56.3. The maximum Gasteiger partial charge on any atom is 0.407 e. The quantitative estimate of drug-likeness (QED) is 0.105. The molecule has 19 nitrogen and oxygen atoms in total. The van der Waals surface area contributed by atoms with E-state index in [1.807, 2.05) is 84.0 Å². The first-order chi connectivity index (χ1) is 33.8. The molecule has 8 rings (SSSR count). The average Bonchev–Trinajstić information content (AvgIpc) is 3.33. The Morgan fingerprint density at radius 2 is 1.04 bits per heavy atom. The highest BCUT2D eigenvalue weighted by Gasteiger charge is 2.30. The highest BCUT2D eigenvalue weighted by molar-refractivity contribution is 5.93. The number of pyridine rings is 2. The molecule has 0 atom stereocenters. The molecule has 384 valence electrons. The lowest BCUT2D eigenvalue weighted by atomic mass is 9.85. The van der Waals surface area contributed by atoms with Crippen molar-refractivity contribution >= 4 is 35.4 Å². The Hall–Kier alpha value is -7.18. The van der Waals surface area contributed by atoms with Crippen LogP contribution in [-0.2, 0) is 19.1 Å². The lowest BCUT2D eigenvalue weighted by molar-refractivity contribution is -0.142. The topological polar surface area (TPSA) is 250 Å². The Balaban J connectivity index is 0.000000193. The minimum atomic E-state index is -0.735. The van der Waals surface area contributed by atoms with Gasteiger partial charge in [-0.3, -0.25) is 9.59 Å². The molecule has 2 saturated carbocycles. The highest BCUT2D eigenvalue weighted by Crippen LogP contribution is 2.42. The molecular weight excluding hydrogens is 917 g/mol. The van der Waals surface area contributed by atoms with Crippen molar-refractivity contribution in [3.63, 3.8) is 0 Å². The number of amides is 3. The van der Waals surface area contributed by atoms with Crippen LogP contribution in [0.4, 0.5) is 21.0 Å². The number of methoxy groups -OCH3 is 2. The Bertz CT molecular complexity index is 2470. The number of carboxylic acid groups (broad SMARTS) is 1. The van der Waals surface area contributed by atoms with Crippen LogP contribution in [0.2, 0.25) is 0 Å². The van der Waals surface area contributed by atoms with Gasteiger partial charge in [0.25, 0.3) is 0 Å². The number of nitrogens with one attached hydrogen (secondary N) is 3. The van der Waals surface area contributed by atoms with E-state index in [9.17, 15) is 19.2 Å². The SMILES string of the molecule is CC(C)(C)OC(=O)NC1CCC(C(=O)O)CC1.COc1cc(N)cc(-c2cccc3c2OCCO3)n1.COc1cc(NC(=O)C2CCC(NC(=O)OC(C)(C)C)CC2)cc(-c2cccc3c2OCCO3)n1. The van der Waals surface area contributed by atoms with Crippen LogP contribution in [0.1, 0.15) is 92.9 Å². The number of hydrogen-bond donors (Lipinski definition) is 5. The van der Waals surface area contributed by atoms with E-state index in [1.165, 1.54) is 7.11 Å². The normalized spacial score (nSPS) is 19.1. The van der Waals surface area contributed by atoms with Gasteiger partial charge in [-0.25, -0.2) is 19.6 Å². The molecule has 0 radical (unpaired) electrons. The van der Waals surface area contributed by atoms with Gasteiger partial charge in [0.15, 0.2) is 23.0 Å². The maximum absolute atomic E-state index is 13.0. The van der Waals surface area contributed by atoms with E-state index < -0.39 is 29.4 Å². The molecule has 2 aliphatic heterocycles. The molecule has 4 aromatic rings. The molecule has 0 bridgehead atoms. The van der Waals surface area contributed by atoms with E-state index in [2.05, 4.69) is 25.9 Å². The lowest BCUT2D eigenvalue weighted by Gasteiger charge is -2.29. The fourth-order valence-corrected chi connectivity index (χ4v) is 8.32. The summed E-state index contributed by atoms with van der Waals surface area (Å²) in [7, 11) is 3.10. The van der Waals surface area contributed by atoms with Crippen LogP contribution < -0.4 is 50.1 Å². The second-order valence-corrected chi connectivity index (χ2v) is 19.5. The van der Waals surface area contributed by atoms with Crippen molar-refractivity contribution in [1.82, 2.24) is 20.6 Å². The van der Waals surface area contributed by atoms with E-state index >= 15 is 0 Å². The fourth-order valence-electron chi connectivity index (χ4n) is 8.32. The number of para-hydroxylation sites is 2. The van der Waals surface area contributed by atoms with Crippen molar-refractivity contribution < 1.29 is 62.2 Å². The second kappa shape index (κ2) is 24.1. The number of anilines is 2. The number of carboxylic acids is 1. The van der Waals surface area contributed by atoms with Crippen LogP contribution in [0.25, 0.3) is 22.5 Å². The number of aliphatic carboxylic acids is 1. The van der Waals surface area contributed by atoms with Crippen LogP contribution in [0.5, 0.6) is 34.8 Å². The van der Waals surface area contributed by atoms with Gasteiger partial charge in [-0.1, -0.05) is 12.1 Å². The van der Waals surface area contributed by atoms with Gasteiger partial charge in [-0.2, -0.15) is 0 Å². The van der Waals surface area contributed by atoms with Gasteiger partial charge in [-0.05, 0) is 129 Å². The average molecular weight is 985 g/mol. The van der Waals surface area contributed by atoms with Crippen molar-refractivity contribution in [2.24, 2.45) is 11.8 Å². The zero-order valence-electron chi connectivity index (χ0n) is 41.9. The number of nitrogen functional groups attached to an aromatic ring is 1. The first kappa shape index (κ1) is 53.2. The molecule has 19 heteroatoms. The Kier molecular flexibility index (Phi) is 18.0. The standard InChI is InChI=1S/C26H33N3O6.C14H14N2O3.C12H21NO4/c1-26(2,3)35-25(31)28-17-10-8-16(9-11-17)24(30)27-18-14-20(29-22(15-18)32-4)19-6-5-7-21-23(19)34-13-12-33-21;1-17-13-8-9(15)7-11(16-13)10-3-2-4-12-14(10)19-6-5-18-12;1-12(2,3)17-11(16)13-9-6-4-8(5-7-9)10(14)15/h5-7,14-17H,8-13H2,1-4H3,(H,28,31)(H,27,29,30);2-4,7-8H,5-6H2,1H3,(H2,15,16);8-9H,4-7H2,1-3H3,(H,13,16)(H,14,15). The summed E-state index contributed by atoms with van der Waals surface area (Å²) in [6.45, 7) is 13.0. The molecule has 4 aliphatic rings. The molecule has 0 spiro atoms. The van der Waals surface area contributed by atoms with Crippen LogP contribution in [0.15, 0.2) is 60.7 Å². The second-order valence-electron chi connectivity index (χ2n) is 19.5. The summed E-state index contributed by atoms with van der Waals surface area (Å²) in [5.74, 6) is 2.40. The molecule has 4 heterocycles. The van der Waals surface area contributed by atoms with Gasteiger partial charge in [0, 0.05) is 52.6 Å². The number of ether oxygens (including phenoxy) is 8. The number of alkyl carbamates (subject to hydrolysis) is 2. The summed E-state index contributed by atoms with van der Waals surface area (Å²) in [6.07, 6.45) is 4.61. The van der Waals surface area contributed by atoms with Crippen molar-refractivity contribution in [2.75, 3.05) is 51.7 Å². The largest absolute Gasteiger partial charge is 0.486 e. The predicted octanol–water partition coefficient (Wildman–Crippen LogP) is 8.82. The molecule has 3 amide bonds. The zero-order valence-corrected chi connectivity index (χ0v) is 41.9. The van der Waals surface area contributed by atoms with Crippen molar-refractivity contribution in [3.8, 4) is 57.3 Å². The number of rotatable bonds is 9. The minimum absolute atomic E-state index is 0.00741. The molecule has 0 saturated heterocycles. The maximum atomic E-state index is 13.0. The van der Waals surface area contributed by atoms with E-state index in [0.717, 1.165) is 29.7 Å². The number of nitrogens with zero attached hydrogens (tertiary/aromatic N) is 2. The third kappa shape index (κ3) is 15.9. The Labute approximate surface area is 414 Å². The highest BCUT2D eigenvalue weighted by atomic mass is 16.6. The zero-order chi connectivity index (χ0) is 51.3. The molecule has 71 heavy (non-hydrogen) atoms. The molecule has 6 N–H and O–H groups in total. The Morgan fingerprint density at radius 1 is 0.606 bits per heavy atom. The summed E-state index contributed by atoms with van der Waals surface area (Å²) in [6, 6.07) is 18.4. The van der Waals surface area contributed by atoms with E-state index in [1.54, 1.807) is 25.3 Å². The van der Waals surface area contributed by atoms with Gasteiger partial charge >= 0.3 is 18.2 Å².